The fourth-order valence-electron chi connectivity index (χ4n) is 3.47. The van der Waals surface area contributed by atoms with Crippen molar-refractivity contribution in [3.63, 3.8) is 0 Å². The molecule has 1 aliphatic rings. The van der Waals surface area contributed by atoms with Crippen LogP contribution in [0.1, 0.15) is 59.6 Å². The van der Waals surface area contributed by atoms with Gasteiger partial charge in [-0.1, -0.05) is 27.7 Å². The maximum atomic E-state index is 12.6. The zero-order valence-corrected chi connectivity index (χ0v) is 20.4. The van der Waals surface area contributed by atoms with Crippen molar-refractivity contribution in [3.05, 3.63) is 16.7 Å². The number of aromatic amines is 1. The number of rotatable bonds is 10. The van der Waals surface area contributed by atoms with Gasteiger partial charge < -0.3 is 18.9 Å². The van der Waals surface area contributed by atoms with Gasteiger partial charge in [-0.15, -0.1) is 0 Å². The van der Waals surface area contributed by atoms with Crippen LogP contribution in [0.5, 0.6) is 0 Å². The number of imidazole rings is 1. The Labute approximate surface area is 205 Å². The van der Waals surface area contributed by atoms with Crippen LogP contribution >= 0.6 is 0 Å². The minimum atomic E-state index is -1.18. The molecule has 2 N–H and O–H groups in total. The Morgan fingerprint density at radius 2 is 1.64 bits per heavy atom. The maximum Gasteiger partial charge on any atom is 0.306 e. The molecule has 2 aromatic heterocycles. The van der Waals surface area contributed by atoms with Gasteiger partial charge in [0.1, 0.15) is 12.7 Å². The first-order valence-corrected chi connectivity index (χ1v) is 11.7. The number of carbonyl (C=O) groups excluding carboxylic acids is 4. The molecule has 14 heteroatoms. The Bertz CT molecular complexity index is 1190. The smallest absolute Gasteiger partial charge is 0.306 e. The highest BCUT2D eigenvalue weighted by atomic mass is 16.7. The normalized spacial score (nSPS) is 21.2. The molecule has 0 unspecified atom stereocenters. The van der Waals surface area contributed by atoms with Gasteiger partial charge in [0.15, 0.2) is 29.6 Å². The van der Waals surface area contributed by atoms with Crippen molar-refractivity contribution in [2.75, 3.05) is 11.9 Å². The number of H-pyrrole nitrogens is 1. The summed E-state index contributed by atoms with van der Waals surface area (Å²) in [6.45, 7) is 6.18. The number of hydrogen-bond acceptors (Lipinski definition) is 11. The van der Waals surface area contributed by atoms with Crippen LogP contribution in [0.4, 0.5) is 5.95 Å². The number of carbonyl (C=O) groups is 4. The molecule has 1 amide bonds. The minimum absolute atomic E-state index is 0.0273. The van der Waals surface area contributed by atoms with Crippen LogP contribution in [0.25, 0.3) is 11.2 Å². The van der Waals surface area contributed by atoms with Gasteiger partial charge in [0.05, 0.1) is 6.33 Å². The number of fused-ring (bicyclic) bond motifs is 1. The molecule has 1 saturated heterocycles. The second kappa shape index (κ2) is 11.7. The summed E-state index contributed by atoms with van der Waals surface area (Å²) in [4.78, 5) is 71.4. The first-order valence-electron chi connectivity index (χ1n) is 11.7. The number of ether oxygens (including phenoxy) is 4. The standard InChI is InChI=1S/C22H29N5O9/c1-5-12(28)24-22-25-19-16(20(32)26-22)23-10-27(19)21-18(36-15(31)8-4)17(35-14(30)7-3)11(34-21)9-33-13(29)6-2/h10-11,17-18,21H,5-9H2,1-4H3,(H2,24,25,26,28,32)/t11-,17-,18-,21-/m0/s1. The lowest BCUT2D eigenvalue weighted by Crippen LogP contribution is -2.41. The Kier molecular flexibility index (Phi) is 8.74. The van der Waals surface area contributed by atoms with Gasteiger partial charge in [-0.3, -0.25) is 38.8 Å². The summed E-state index contributed by atoms with van der Waals surface area (Å²) in [5.74, 6) is -2.16. The molecule has 1 fully saturated rings. The van der Waals surface area contributed by atoms with Crippen molar-refractivity contribution in [2.24, 2.45) is 0 Å². The molecule has 0 aromatic carbocycles. The summed E-state index contributed by atoms with van der Waals surface area (Å²) in [7, 11) is 0. The number of amides is 1. The predicted octanol–water partition coefficient (Wildman–Crippen LogP) is 0.962. The van der Waals surface area contributed by atoms with E-state index in [2.05, 4.69) is 20.3 Å². The van der Waals surface area contributed by atoms with E-state index in [1.54, 1.807) is 27.7 Å². The van der Waals surface area contributed by atoms with E-state index in [1.807, 2.05) is 0 Å². The van der Waals surface area contributed by atoms with Crippen molar-refractivity contribution in [1.82, 2.24) is 19.5 Å². The van der Waals surface area contributed by atoms with E-state index in [9.17, 15) is 24.0 Å². The van der Waals surface area contributed by atoms with Crippen molar-refractivity contribution in [1.29, 1.82) is 0 Å². The molecule has 0 bridgehead atoms. The summed E-state index contributed by atoms with van der Waals surface area (Å²) >= 11 is 0. The summed E-state index contributed by atoms with van der Waals surface area (Å²) in [5, 5.41) is 2.48. The third kappa shape index (κ3) is 5.87. The van der Waals surface area contributed by atoms with Crippen LogP contribution in [0.15, 0.2) is 11.1 Å². The molecule has 4 atom stereocenters. The Hall–Kier alpha value is -3.81. The van der Waals surface area contributed by atoms with E-state index in [4.69, 9.17) is 18.9 Å². The van der Waals surface area contributed by atoms with Gasteiger partial charge in [0, 0.05) is 25.7 Å². The first kappa shape index (κ1) is 26.8. The largest absolute Gasteiger partial charge is 0.463 e. The number of anilines is 1. The van der Waals surface area contributed by atoms with Crippen LogP contribution in [0.3, 0.4) is 0 Å². The molecular formula is C22H29N5O9. The summed E-state index contributed by atoms with van der Waals surface area (Å²) in [6, 6.07) is 0. The van der Waals surface area contributed by atoms with E-state index >= 15 is 0 Å². The number of hydrogen-bond donors (Lipinski definition) is 2. The maximum absolute atomic E-state index is 12.6. The molecule has 0 saturated carbocycles. The second-order valence-electron chi connectivity index (χ2n) is 7.86. The SMILES string of the molecule is CCC(=O)Nc1nc2c(ncn2[C@H]2O[C@@H](COC(=O)CC)[C@H](OC(=O)CC)[C@@H]2OC(=O)CC)c(=O)[nH]1. The minimum Gasteiger partial charge on any atom is -0.463 e. The summed E-state index contributed by atoms with van der Waals surface area (Å²) < 4.78 is 23.7. The van der Waals surface area contributed by atoms with Crippen LogP contribution in [-0.2, 0) is 38.1 Å². The Balaban J connectivity index is 2.06. The van der Waals surface area contributed by atoms with Crippen molar-refractivity contribution in [3.8, 4) is 0 Å². The molecule has 0 spiro atoms. The number of nitrogens with one attached hydrogen (secondary N) is 2. The molecule has 0 radical (unpaired) electrons. The van der Waals surface area contributed by atoms with Gasteiger partial charge >= 0.3 is 17.9 Å². The number of aromatic nitrogens is 4. The van der Waals surface area contributed by atoms with Crippen LogP contribution < -0.4 is 10.9 Å². The third-order valence-corrected chi connectivity index (χ3v) is 5.38. The van der Waals surface area contributed by atoms with Gasteiger partial charge in [-0.25, -0.2) is 4.98 Å². The monoisotopic (exact) mass is 507 g/mol. The van der Waals surface area contributed by atoms with Crippen LogP contribution in [0, 0.1) is 0 Å². The van der Waals surface area contributed by atoms with E-state index in [-0.39, 0.29) is 55.3 Å². The number of esters is 3. The lowest BCUT2D eigenvalue weighted by Gasteiger charge is -2.24. The molecule has 36 heavy (non-hydrogen) atoms. The average Bonchev–Trinajstić information content (AvgIpc) is 3.43. The predicted molar refractivity (Wildman–Crippen MR) is 123 cm³/mol. The average molecular weight is 508 g/mol. The van der Waals surface area contributed by atoms with Crippen molar-refractivity contribution >= 4 is 40.9 Å². The zero-order valence-electron chi connectivity index (χ0n) is 20.4. The molecular weight excluding hydrogens is 478 g/mol. The number of nitrogens with zero attached hydrogens (tertiary/aromatic N) is 3. The van der Waals surface area contributed by atoms with E-state index in [0.717, 1.165) is 0 Å². The molecule has 2 aromatic rings. The summed E-state index contributed by atoms with van der Waals surface area (Å²) in [6.07, 6.45) is -2.82. The third-order valence-electron chi connectivity index (χ3n) is 5.38. The second-order valence-corrected chi connectivity index (χ2v) is 7.86. The van der Waals surface area contributed by atoms with Crippen molar-refractivity contribution in [2.45, 2.75) is 77.9 Å². The highest BCUT2D eigenvalue weighted by Crippen LogP contribution is 2.36. The van der Waals surface area contributed by atoms with Gasteiger partial charge in [-0.05, 0) is 0 Å². The lowest BCUT2D eigenvalue weighted by atomic mass is 10.1. The first-order chi connectivity index (χ1) is 17.2. The molecule has 14 nitrogen and oxygen atoms in total. The zero-order chi connectivity index (χ0) is 26.4. The van der Waals surface area contributed by atoms with Crippen LogP contribution in [0.2, 0.25) is 0 Å². The molecule has 3 heterocycles. The molecule has 196 valence electrons. The van der Waals surface area contributed by atoms with Gasteiger partial charge in [-0.2, -0.15) is 4.98 Å². The Morgan fingerprint density at radius 3 is 2.25 bits per heavy atom. The fraction of sp³-hybridized carbons (Fsp3) is 0.591. The quantitative estimate of drug-likeness (QED) is 0.345. The molecule has 0 aliphatic carbocycles. The Morgan fingerprint density at radius 1 is 1.00 bits per heavy atom. The molecule has 3 rings (SSSR count). The van der Waals surface area contributed by atoms with E-state index in [0.29, 0.717) is 0 Å². The molecule has 1 aliphatic heterocycles. The highest BCUT2D eigenvalue weighted by molar-refractivity contribution is 5.89. The van der Waals surface area contributed by atoms with Crippen molar-refractivity contribution < 1.29 is 38.1 Å². The summed E-state index contributed by atoms with van der Waals surface area (Å²) in [5.41, 5.74) is -0.649. The van der Waals surface area contributed by atoms with E-state index in [1.165, 1.54) is 10.9 Å². The van der Waals surface area contributed by atoms with Gasteiger partial charge in [0.2, 0.25) is 11.9 Å². The topological polar surface area (TPSA) is 181 Å². The van der Waals surface area contributed by atoms with Crippen LogP contribution in [-0.4, -0.2) is 68.3 Å². The van der Waals surface area contributed by atoms with E-state index < -0.39 is 48.0 Å². The highest BCUT2D eigenvalue weighted by Gasteiger charge is 2.51. The lowest BCUT2D eigenvalue weighted by molar-refractivity contribution is -0.169. The van der Waals surface area contributed by atoms with Gasteiger partial charge in [0.25, 0.3) is 5.56 Å². The fourth-order valence-corrected chi connectivity index (χ4v) is 3.47.